The van der Waals surface area contributed by atoms with Crippen molar-refractivity contribution in [2.75, 3.05) is 13.7 Å². The van der Waals surface area contributed by atoms with Gasteiger partial charge in [-0.25, -0.2) is 0 Å². The summed E-state index contributed by atoms with van der Waals surface area (Å²) in [5.74, 6) is -1.97. The number of carbonyl (C=O) groups excluding carboxylic acids is 1. The van der Waals surface area contributed by atoms with E-state index >= 15 is 0 Å². The summed E-state index contributed by atoms with van der Waals surface area (Å²) in [4.78, 5) is 22.6. The molecule has 1 spiro atoms. The number of esters is 1. The Balaban J connectivity index is 2.01. The smallest absolute Gasteiger partial charge is 0.307 e. The van der Waals surface area contributed by atoms with Crippen molar-refractivity contribution in [2.24, 2.45) is 11.8 Å². The van der Waals surface area contributed by atoms with Crippen LogP contribution in [-0.2, 0) is 19.1 Å². The molecule has 0 aromatic heterocycles. The zero-order chi connectivity index (χ0) is 13.2. The summed E-state index contributed by atoms with van der Waals surface area (Å²) < 4.78 is 10.4. The molecule has 1 N–H and O–H groups in total. The van der Waals surface area contributed by atoms with E-state index in [1.54, 1.807) is 0 Å². The zero-order valence-electron chi connectivity index (χ0n) is 10.7. The lowest BCUT2D eigenvalue weighted by molar-refractivity contribution is -0.167. The number of hydrogen-bond donors (Lipinski definition) is 1. The Bertz CT molecular complexity index is 334. The van der Waals surface area contributed by atoms with E-state index in [9.17, 15) is 14.7 Å². The van der Waals surface area contributed by atoms with Gasteiger partial charge in [0, 0.05) is 6.61 Å². The topological polar surface area (TPSA) is 72.8 Å². The second kappa shape index (κ2) is 5.26. The Morgan fingerprint density at radius 3 is 2.72 bits per heavy atom. The van der Waals surface area contributed by atoms with Crippen LogP contribution >= 0.6 is 0 Å². The molecule has 1 aliphatic carbocycles. The SMILES string of the molecule is COC(=O)CC(C(=O)O)C1CCOC2(CCC2)C1. The zero-order valence-corrected chi connectivity index (χ0v) is 10.7. The van der Waals surface area contributed by atoms with Gasteiger partial charge < -0.3 is 14.6 Å². The molecule has 0 radical (unpaired) electrons. The van der Waals surface area contributed by atoms with Gasteiger partial charge in [0.15, 0.2) is 0 Å². The highest BCUT2D eigenvalue weighted by atomic mass is 16.5. The van der Waals surface area contributed by atoms with Crippen LogP contribution in [0.2, 0.25) is 0 Å². The highest BCUT2D eigenvalue weighted by Crippen LogP contribution is 2.46. The van der Waals surface area contributed by atoms with Crippen LogP contribution in [0.1, 0.15) is 38.5 Å². The van der Waals surface area contributed by atoms with Crippen molar-refractivity contribution in [2.45, 2.75) is 44.1 Å². The molecule has 0 aromatic rings. The lowest BCUT2D eigenvalue weighted by atomic mass is 9.68. The number of ether oxygens (including phenoxy) is 2. The summed E-state index contributed by atoms with van der Waals surface area (Å²) in [6.45, 7) is 0.607. The quantitative estimate of drug-likeness (QED) is 0.773. The van der Waals surface area contributed by atoms with Crippen LogP contribution < -0.4 is 0 Å². The first-order chi connectivity index (χ1) is 8.56. The maximum absolute atomic E-state index is 11.3. The largest absolute Gasteiger partial charge is 0.481 e. The first-order valence-electron chi connectivity index (χ1n) is 6.50. The fraction of sp³-hybridized carbons (Fsp3) is 0.846. The molecule has 0 amide bonds. The number of methoxy groups -OCH3 is 1. The Morgan fingerprint density at radius 2 is 2.22 bits per heavy atom. The summed E-state index contributed by atoms with van der Waals surface area (Å²) in [7, 11) is 1.29. The van der Waals surface area contributed by atoms with Crippen LogP contribution in [0.4, 0.5) is 0 Å². The number of carbonyl (C=O) groups is 2. The van der Waals surface area contributed by atoms with Crippen molar-refractivity contribution in [1.82, 2.24) is 0 Å². The third-order valence-corrected chi connectivity index (χ3v) is 4.30. The van der Waals surface area contributed by atoms with Gasteiger partial charge in [0.05, 0.1) is 25.0 Å². The van der Waals surface area contributed by atoms with Crippen molar-refractivity contribution in [3.63, 3.8) is 0 Å². The standard InChI is InChI=1S/C13H20O5/c1-17-11(14)7-10(12(15)16)9-3-6-18-13(8-9)4-2-5-13/h9-10H,2-8H2,1H3,(H,15,16). The normalized spacial score (nSPS) is 27.3. The fourth-order valence-electron chi connectivity index (χ4n) is 3.05. The van der Waals surface area contributed by atoms with Gasteiger partial charge in [0.2, 0.25) is 0 Å². The Hall–Kier alpha value is -1.10. The van der Waals surface area contributed by atoms with Gasteiger partial charge in [-0.3, -0.25) is 9.59 Å². The molecule has 0 aromatic carbocycles. The molecule has 1 aliphatic heterocycles. The van der Waals surface area contributed by atoms with Crippen molar-refractivity contribution < 1.29 is 24.2 Å². The van der Waals surface area contributed by atoms with Crippen LogP contribution in [-0.4, -0.2) is 36.4 Å². The summed E-state index contributed by atoms with van der Waals surface area (Å²) in [6.07, 6.45) is 4.65. The molecular weight excluding hydrogens is 236 g/mol. The number of aliphatic carboxylic acids is 1. The first kappa shape index (κ1) is 13.3. The fourth-order valence-corrected chi connectivity index (χ4v) is 3.05. The van der Waals surface area contributed by atoms with Crippen LogP contribution in [0, 0.1) is 11.8 Å². The minimum Gasteiger partial charge on any atom is -0.481 e. The maximum atomic E-state index is 11.3. The van der Waals surface area contributed by atoms with Crippen LogP contribution in [0.5, 0.6) is 0 Å². The van der Waals surface area contributed by atoms with Crippen LogP contribution in [0.25, 0.3) is 0 Å². The van der Waals surface area contributed by atoms with E-state index in [1.165, 1.54) is 7.11 Å². The second-order valence-corrected chi connectivity index (χ2v) is 5.36. The molecule has 2 atom stereocenters. The third-order valence-electron chi connectivity index (χ3n) is 4.30. The highest BCUT2D eigenvalue weighted by molar-refractivity contribution is 5.79. The molecule has 1 saturated carbocycles. The van der Waals surface area contributed by atoms with E-state index in [2.05, 4.69) is 4.74 Å². The predicted molar refractivity (Wildman–Crippen MR) is 63.0 cm³/mol. The first-order valence-corrected chi connectivity index (χ1v) is 6.50. The lowest BCUT2D eigenvalue weighted by Gasteiger charge is -2.48. The molecule has 1 saturated heterocycles. The van der Waals surface area contributed by atoms with E-state index in [-0.39, 0.29) is 17.9 Å². The van der Waals surface area contributed by atoms with E-state index in [1.807, 2.05) is 0 Å². The molecule has 102 valence electrons. The summed E-state index contributed by atoms with van der Waals surface area (Å²) in [5.41, 5.74) is -0.0905. The Kier molecular flexibility index (Phi) is 3.90. The minimum atomic E-state index is -0.901. The maximum Gasteiger partial charge on any atom is 0.307 e. The molecule has 2 aliphatic rings. The summed E-state index contributed by atoms with van der Waals surface area (Å²) >= 11 is 0. The molecule has 2 fully saturated rings. The molecule has 18 heavy (non-hydrogen) atoms. The lowest BCUT2D eigenvalue weighted by Crippen LogP contribution is -2.48. The Labute approximate surface area is 106 Å². The van der Waals surface area contributed by atoms with Gasteiger partial charge in [-0.2, -0.15) is 0 Å². The van der Waals surface area contributed by atoms with Crippen molar-refractivity contribution in [1.29, 1.82) is 0 Å². The molecule has 1 heterocycles. The molecule has 2 unspecified atom stereocenters. The van der Waals surface area contributed by atoms with Crippen molar-refractivity contribution in [3.05, 3.63) is 0 Å². The third kappa shape index (κ3) is 2.66. The molecular formula is C13H20O5. The summed E-state index contributed by atoms with van der Waals surface area (Å²) in [5, 5.41) is 9.28. The van der Waals surface area contributed by atoms with Crippen LogP contribution in [0.15, 0.2) is 0 Å². The van der Waals surface area contributed by atoms with Gasteiger partial charge in [0.1, 0.15) is 0 Å². The Morgan fingerprint density at radius 1 is 1.50 bits per heavy atom. The number of carboxylic acids is 1. The van der Waals surface area contributed by atoms with E-state index < -0.39 is 17.9 Å². The van der Waals surface area contributed by atoms with Gasteiger partial charge in [0.25, 0.3) is 0 Å². The van der Waals surface area contributed by atoms with Gasteiger partial charge >= 0.3 is 11.9 Å². The van der Waals surface area contributed by atoms with E-state index in [4.69, 9.17) is 4.74 Å². The molecule has 0 bridgehead atoms. The van der Waals surface area contributed by atoms with E-state index in [0.717, 1.165) is 32.1 Å². The summed E-state index contributed by atoms with van der Waals surface area (Å²) in [6, 6.07) is 0. The molecule has 2 rings (SSSR count). The monoisotopic (exact) mass is 256 g/mol. The van der Waals surface area contributed by atoms with Gasteiger partial charge in [-0.05, 0) is 38.0 Å². The molecule has 5 nitrogen and oxygen atoms in total. The number of carboxylic acid groups (broad SMARTS) is 1. The predicted octanol–water partition coefficient (Wildman–Crippen LogP) is 1.60. The second-order valence-electron chi connectivity index (χ2n) is 5.36. The highest BCUT2D eigenvalue weighted by Gasteiger charge is 2.46. The minimum absolute atomic E-state index is 0.0237. The van der Waals surface area contributed by atoms with Crippen LogP contribution in [0.3, 0.4) is 0 Å². The number of hydrogen-bond acceptors (Lipinski definition) is 4. The average Bonchev–Trinajstić information content (AvgIpc) is 2.33. The molecule has 5 heteroatoms. The average molecular weight is 256 g/mol. The number of rotatable bonds is 4. The van der Waals surface area contributed by atoms with E-state index in [0.29, 0.717) is 6.61 Å². The van der Waals surface area contributed by atoms with Crippen molar-refractivity contribution >= 4 is 11.9 Å². The van der Waals surface area contributed by atoms with Gasteiger partial charge in [-0.1, -0.05) is 0 Å². The van der Waals surface area contributed by atoms with Gasteiger partial charge in [-0.15, -0.1) is 0 Å². The van der Waals surface area contributed by atoms with Crippen molar-refractivity contribution in [3.8, 4) is 0 Å².